The van der Waals surface area contributed by atoms with Crippen LogP contribution in [0.25, 0.3) is 0 Å². The fourth-order valence-corrected chi connectivity index (χ4v) is 2.93. The number of nitrogen functional groups attached to an aromatic ring is 1. The minimum Gasteiger partial charge on any atom is -0.478 e. The smallest absolute Gasteiger partial charge is 0.355 e. The van der Waals surface area contributed by atoms with Crippen molar-refractivity contribution in [2.75, 3.05) is 17.8 Å². The second-order valence-electron chi connectivity index (χ2n) is 5.49. The number of benzene rings is 1. The molecule has 1 aliphatic rings. The fraction of sp³-hybridized carbons (Fsp3) is 0.188. The summed E-state index contributed by atoms with van der Waals surface area (Å²) in [5.41, 5.74) is 6.20. The molecular weight excluding hydrogens is 312 g/mol. The first kappa shape index (κ1) is 15.8. The van der Waals surface area contributed by atoms with Crippen LogP contribution in [0.1, 0.15) is 39.4 Å². The molecule has 4 N–H and O–H groups in total. The lowest BCUT2D eigenvalue weighted by Crippen LogP contribution is -2.32. The molecule has 1 aliphatic heterocycles. The SMILES string of the molecule is CC1c2c(nc(C(=O)O)c(C(=O)O)c2N)N(c2ccccc2)N1C. The summed E-state index contributed by atoms with van der Waals surface area (Å²) < 4.78 is 0. The monoisotopic (exact) mass is 328 g/mol. The fourth-order valence-electron chi connectivity index (χ4n) is 2.93. The van der Waals surface area contributed by atoms with Gasteiger partial charge >= 0.3 is 11.9 Å². The van der Waals surface area contributed by atoms with Crippen molar-refractivity contribution in [2.24, 2.45) is 0 Å². The molecule has 0 saturated heterocycles. The van der Waals surface area contributed by atoms with Gasteiger partial charge in [0.25, 0.3) is 0 Å². The maximum Gasteiger partial charge on any atom is 0.355 e. The molecule has 0 amide bonds. The largest absolute Gasteiger partial charge is 0.478 e. The molecule has 0 saturated carbocycles. The first-order valence-electron chi connectivity index (χ1n) is 7.22. The molecule has 1 aromatic heterocycles. The second kappa shape index (κ2) is 5.50. The zero-order valence-corrected chi connectivity index (χ0v) is 13.1. The maximum absolute atomic E-state index is 11.5. The Kier molecular flexibility index (Phi) is 3.61. The maximum atomic E-state index is 11.5. The first-order valence-corrected chi connectivity index (χ1v) is 7.22. The Morgan fingerprint density at radius 1 is 1.17 bits per heavy atom. The van der Waals surface area contributed by atoms with E-state index in [1.807, 2.05) is 42.3 Å². The van der Waals surface area contributed by atoms with Crippen molar-refractivity contribution in [3.8, 4) is 0 Å². The van der Waals surface area contributed by atoms with Crippen LogP contribution in [0, 0.1) is 0 Å². The predicted molar refractivity (Wildman–Crippen MR) is 87.3 cm³/mol. The molecule has 24 heavy (non-hydrogen) atoms. The van der Waals surface area contributed by atoms with Gasteiger partial charge in [0.1, 0.15) is 5.56 Å². The van der Waals surface area contributed by atoms with Gasteiger partial charge in [0, 0.05) is 12.6 Å². The molecule has 0 aliphatic carbocycles. The number of para-hydroxylation sites is 1. The zero-order valence-electron chi connectivity index (χ0n) is 13.1. The van der Waals surface area contributed by atoms with Gasteiger partial charge in [-0.15, -0.1) is 0 Å². The van der Waals surface area contributed by atoms with Crippen molar-refractivity contribution in [2.45, 2.75) is 13.0 Å². The molecule has 8 nitrogen and oxygen atoms in total. The number of anilines is 3. The summed E-state index contributed by atoms with van der Waals surface area (Å²) in [6.45, 7) is 1.85. The highest BCUT2D eigenvalue weighted by molar-refractivity contribution is 6.06. The Hall–Kier alpha value is -3.13. The van der Waals surface area contributed by atoms with E-state index in [0.29, 0.717) is 11.4 Å². The molecule has 8 heteroatoms. The van der Waals surface area contributed by atoms with Gasteiger partial charge in [-0.2, -0.15) is 0 Å². The number of pyridine rings is 1. The Balaban J connectivity index is 2.31. The van der Waals surface area contributed by atoms with Gasteiger partial charge in [-0.1, -0.05) is 18.2 Å². The van der Waals surface area contributed by atoms with E-state index in [0.717, 1.165) is 5.69 Å². The highest BCUT2D eigenvalue weighted by Gasteiger charge is 2.39. The summed E-state index contributed by atoms with van der Waals surface area (Å²) in [7, 11) is 1.81. The number of nitrogens with zero attached hydrogens (tertiary/aromatic N) is 3. The lowest BCUT2D eigenvalue weighted by Gasteiger charge is -2.28. The molecule has 1 unspecified atom stereocenters. The number of rotatable bonds is 3. The highest BCUT2D eigenvalue weighted by Crippen LogP contribution is 2.46. The van der Waals surface area contributed by atoms with E-state index in [2.05, 4.69) is 4.98 Å². The number of aromatic carboxylic acids is 2. The summed E-state index contributed by atoms with van der Waals surface area (Å²) in [6.07, 6.45) is 0. The van der Waals surface area contributed by atoms with E-state index >= 15 is 0 Å². The number of carboxylic acid groups (broad SMARTS) is 2. The average molecular weight is 328 g/mol. The number of hydrazine groups is 1. The van der Waals surface area contributed by atoms with Crippen LogP contribution in [0.5, 0.6) is 0 Å². The number of nitrogens with two attached hydrogens (primary N) is 1. The van der Waals surface area contributed by atoms with Crippen molar-refractivity contribution in [1.29, 1.82) is 0 Å². The predicted octanol–water partition coefficient (Wildman–Crippen LogP) is 2.12. The normalized spacial score (nSPS) is 16.9. The van der Waals surface area contributed by atoms with E-state index in [1.165, 1.54) is 0 Å². The Morgan fingerprint density at radius 3 is 2.33 bits per heavy atom. The van der Waals surface area contributed by atoms with E-state index in [4.69, 9.17) is 5.73 Å². The van der Waals surface area contributed by atoms with Crippen LogP contribution in [0.3, 0.4) is 0 Å². The molecule has 3 rings (SSSR count). The van der Waals surface area contributed by atoms with Crippen molar-refractivity contribution in [3.63, 3.8) is 0 Å². The quantitative estimate of drug-likeness (QED) is 0.783. The van der Waals surface area contributed by atoms with Crippen LogP contribution in [0.15, 0.2) is 30.3 Å². The van der Waals surface area contributed by atoms with E-state index < -0.39 is 23.2 Å². The van der Waals surface area contributed by atoms with Crippen LogP contribution in [0.4, 0.5) is 17.2 Å². The first-order chi connectivity index (χ1) is 11.3. The van der Waals surface area contributed by atoms with E-state index in [9.17, 15) is 19.8 Å². The van der Waals surface area contributed by atoms with E-state index in [-0.39, 0.29) is 11.7 Å². The molecule has 0 fully saturated rings. The Morgan fingerprint density at radius 2 is 1.79 bits per heavy atom. The molecule has 2 aromatic rings. The Labute approximate surface area is 137 Å². The van der Waals surface area contributed by atoms with Crippen LogP contribution in [0.2, 0.25) is 0 Å². The van der Waals surface area contributed by atoms with Gasteiger partial charge in [-0.05, 0) is 19.1 Å². The van der Waals surface area contributed by atoms with Crippen molar-refractivity contribution >= 4 is 29.1 Å². The molecular formula is C16H16N4O4. The van der Waals surface area contributed by atoms with Crippen LogP contribution < -0.4 is 10.7 Å². The minimum atomic E-state index is -1.43. The third-order valence-corrected chi connectivity index (χ3v) is 4.17. The molecule has 0 bridgehead atoms. The topological polar surface area (TPSA) is 120 Å². The molecule has 1 aromatic carbocycles. The number of aromatic nitrogens is 1. The van der Waals surface area contributed by atoms with Crippen LogP contribution in [-0.2, 0) is 0 Å². The molecule has 124 valence electrons. The van der Waals surface area contributed by atoms with Crippen LogP contribution >= 0.6 is 0 Å². The second-order valence-corrected chi connectivity index (χ2v) is 5.49. The van der Waals surface area contributed by atoms with E-state index in [1.54, 1.807) is 12.1 Å². The number of fused-ring (bicyclic) bond motifs is 1. The van der Waals surface area contributed by atoms with Gasteiger partial charge in [0.15, 0.2) is 11.5 Å². The lowest BCUT2D eigenvalue weighted by atomic mass is 10.0. The molecule has 0 radical (unpaired) electrons. The van der Waals surface area contributed by atoms with Gasteiger partial charge in [-0.25, -0.2) is 19.6 Å². The number of hydrogen-bond acceptors (Lipinski definition) is 6. The minimum absolute atomic E-state index is 0.0670. The summed E-state index contributed by atoms with van der Waals surface area (Å²) >= 11 is 0. The van der Waals surface area contributed by atoms with Crippen molar-refractivity contribution in [1.82, 2.24) is 9.99 Å². The summed E-state index contributed by atoms with van der Waals surface area (Å²) in [5, 5.41) is 22.3. The number of carbonyl (C=O) groups is 2. The lowest BCUT2D eigenvalue weighted by molar-refractivity contribution is 0.0647. The molecule has 0 spiro atoms. The standard InChI is InChI=1S/C16H16N4O4/c1-8-10-12(17)11(15(21)22)13(16(23)24)18-14(10)20(19(8)2)9-6-4-3-5-7-9/h3-8H,1-2H3,(H2,17,18)(H,21,22)(H,23,24). The molecule has 2 heterocycles. The van der Waals surface area contributed by atoms with Crippen molar-refractivity contribution in [3.05, 3.63) is 47.2 Å². The average Bonchev–Trinajstić information content (AvgIpc) is 2.79. The molecule has 1 atom stereocenters. The van der Waals surface area contributed by atoms with Crippen LogP contribution in [-0.4, -0.2) is 39.2 Å². The van der Waals surface area contributed by atoms with Gasteiger partial charge in [-0.3, -0.25) is 5.01 Å². The summed E-state index contributed by atoms with van der Waals surface area (Å²) in [6, 6.07) is 9.00. The van der Waals surface area contributed by atoms with Gasteiger partial charge in [0.2, 0.25) is 0 Å². The highest BCUT2D eigenvalue weighted by atomic mass is 16.4. The summed E-state index contributed by atoms with van der Waals surface area (Å²) in [5.74, 6) is -2.51. The third-order valence-electron chi connectivity index (χ3n) is 4.17. The summed E-state index contributed by atoms with van der Waals surface area (Å²) in [4.78, 5) is 27.1. The van der Waals surface area contributed by atoms with Crippen molar-refractivity contribution < 1.29 is 19.8 Å². The van der Waals surface area contributed by atoms with Gasteiger partial charge < -0.3 is 15.9 Å². The third kappa shape index (κ3) is 2.16. The Bertz CT molecular complexity index is 838. The zero-order chi connectivity index (χ0) is 17.6. The van der Waals surface area contributed by atoms with Gasteiger partial charge in [0.05, 0.1) is 17.4 Å². The number of hydrogen-bond donors (Lipinski definition) is 3. The number of carboxylic acids is 2.